The van der Waals surface area contributed by atoms with Crippen LogP contribution in [-0.4, -0.2) is 19.3 Å². The Kier molecular flexibility index (Phi) is 5.65. The second-order valence-corrected chi connectivity index (χ2v) is 7.98. The molecule has 0 aliphatic carbocycles. The molecule has 0 fully saturated rings. The Hall–Kier alpha value is -2.61. The molecule has 2 aromatic carbocycles. The van der Waals surface area contributed by atoms with Crippen molar-refractivity contribution in [3.05, 3.63) is 82.6 Å². The van der Waals surface area contributed by atoms with E-state index in [0.29, 0.717) is 16.4 Å². The summed E-state index contributed by atoms with van der Waals surface area (Å²) in [5.74, 6) is -0.430. The standard InChI is InChI=1S/C18H13Cl2N3O3S/c19-12-3-8-16(17(20)10-12)18(24)22-13-4-6-15(7-5-13)27(25,26)23-14-2-1-9-21-11-14/h1-11,23H,(H,22,24). The van der Waals surface area contributed by atoms with E-state index in [4.69, 9.17) is 23.2 Å². The van der Waals surface area contributed by atoms with E-state index in [1.54, 1.807) is 24.4 Å². The Morgan fingerprint density at radius 2 is 1.70 bits per heavy atom. The number of pyridine rings is 1. The second kappa shape index (κ2) is 7.96. The van der Waals surface area contributed by atoms with Gasteiger partial charge in [-0.3, -0.25) is 14.5 Å². The zero-order valence-electron chi connectivity index (χ0n) is 13.7. The topological polar surface area (TPSA) is 88.2 Å². The lowest BCUT2D eigenvalue weighted by molar-refractivity contribution is 0.102. The first-order valence-electron chi connectivity index (χ1n) is 7.64. The molecule has 0 spiro atoms. The van der Waals surface area contributed by atoms with Crippen molar-refractivity contribution in [2.45, 2.75) is 4.90 Å². The van der Waals surface area contributed by atoms with Gasteiger partial charge in [0, 0.05) is 16.9 Å². The van der Waals surface area contributed by atoms with Gasteiger partial charge in [0.2, 0.25) is 0 Å². The molecule has 0 aliphatic heterocycles. The summed E-state index contributed by atoms with van der Waals surface area (Å²) >= 11 is 11.8. The number of nitrogens with zero attached hydrogens (tertiary/aromatic N) is 1. The van der Waals surface area contributed by atoms with E-state index in [2.05, 4.69) is 15.0 Å². The molecule has 3 rings (SSSR count). The highest BCUT2D eigenvalue weighted by atomic mass is 35.5. The lowest BCUT2D eigenvalue weighted by atomic mass is 10.2. The number of aromatic nitrogens is 1. The van der Waals surface area contributed by atoms with Crippen molar-refractivity contribution in [3.63, 3.8) is 0 Å². The summed E-state index contributed by atoms with van der Waals surface area (Å²) in [6.07, 6.45) is 2.95. The van der Waals surface area contributed by atoms with Gasteiger partial charge >= 0.3 is 0 Å². The summed E-state index contributed by atoms with van der Waals surface area (Å²) in [6.45, 7) is 0. The summed E-state index contributed by atoms with van der Waals surface area (Å²) in [7, 11) is -3.76. The summed E-state index contributed by atoms with van der Waals surface area (Å²) in [5, 5.41) is 3.30. The third kappa shape index (κ3) is 4.77. The van der Waals surface area contributed by atoms with Crippen molar-refractivity contribution in [2.75, 3.05) is 10.0 Å². The molecule has 27 heavy (non-hydrogen) atoms. The largest absolute Gasteiger partial charge is 0.322 e. The van der Waals surface area contributed by atoms with E-state index in [1.807, 2.05) is 0 Å². The minimum absolute atomic E-state index is 0.0499. The van der Waals surface area contributed by atoms with E-state index in [-0.39, 0.29) is 15.5 Å². The van der Waals surface area contributed by atoms with Gasteiger partial charge in [-0.15, -0.1) is 0 Å². The molecule has 0 bridgehead atoms. The Labute approximate surface area is 166 Å². The third-order valence-corrected chi connectivity index (χ3v) is 5.46. The molecule has 2 N–H and O–H groups in total. The van der Waals surface area contributed by atoms with Gasteiger partial charge in [0.1, 0.15) is 0 Å². The van der Waals surface area contributed by atoms with Crippen LogP contribution >= 0.6 is 23.2 Å². The fourth-order valence-corrected chi connectivity index (χ4v) is 3.76. The van der Waals surface area contributed by atoms with Gasteiger partial charge in [-0.1, -0.05) is 23.2 Å². The van der Waals surface area contributed by atoms with Crippen molar-refractivity contribution in [2.24, 2.45) is 0 Å². The number of carbonyl (C=O) groups excluding carboxylic acids is 1. The molecule has 1 amide bonds. The monoisotopic (exact) mass is 421 g/mol. The highest BCUT2D eigenvalue weighted by Crippen LogP contribution is 2.23. The third-order valence-electron chi connectivity index (χ3n) is 3.51. The molecular weight excluding hydrogens is 409 g/mol. The van der Waals surface area contributed by atoms with Crippen LogP contribution in [0.15, 0.2) is 71.9 Å². The van der Waals surface area contributed by atoms with Gasteiger partial charge in [-0.25, -0.2) is 8.42 Å². The van der Waals surface area contributed by atoms with Crippen LogP contribution in [0.1, 0.15) is 10.4 Å². The minimum atomic E-state index is -3.76. The summed E-state index contributed by atoms with van der Waals surface area (Å²) in [4.78, 5) is 16.2. The quantitative estimate of drug-likeness (QED) is 0.636. The maximum atomic E-state index is 12.4. The van der Waals surface area contributed by atoms with Crippen LogP contribution < -0.4 is 10.0 Å². The maximum absolute atomic E-state index is 12.4. The predicted molar refractivity (Wildman–Crippen MR) is 106 cm³/mol. The Morgan fingerprint density at radius 1 is 0.963 bits per heavy atom. The van der Waals surface area contributed by atoms with Crippen LogP contribution in [0.4, 0.5) is 11.4 Å². The summed E-state index contributed by atoms with van der Waals surface area (Å²) < 4.78 is 27.2. The first-order valence-corrected chi connectivity index (χ1v) is 9.88. The summed E-state index contributed by atoms with van der Waals surface area (Å²) in [5.41, 5.74) is 1.04. The van der Waals surface area contributed by atoms with Gasteiger partial charge in [-0.2, -0.15) is 0 Å². The number of hydrogen-bond donors (Lipinski definition) is 2. The highest BCUT2D eigenvalue weighted by molar-refractivity contribution is 7.92. The number of amides is 1. The molecule has 9 heteroatoms. The van der Waals surface area contributed by atoms with Crippen LogP contribution in [0.3, 0.4) is 0 Å². The van der Waals surface area contributed by atoms with E-state index < -0.39 is 15.9 Å². The number of hydrogen-bond acceptors (Lipinski definition) is 4. The SMILES string of the molecule is O=C(Nc1ccc(S(=O)(=O)Nc2cccnc2)cc1)c1ccc(Cl)cc1Cl. The van der Waals surface area contributed by atoms with Crippen molar-refractivity contribution >= 4 is 50.5 Å². The molecule has 0 aliphatic rings. The molecule has 6 nitrogen and oxygen atoms in total. The zero-order chi connectivity index (χ0) is 19.4. The molecule has 0 radical (unpaired) electrons. The van der Waals surface area contributed by atoms with Crippen molar-refractivity contribution in [3.8, 4) is 0 Å². The molecule has 0 unspecified atom stereocenters. The number of anilines is 2. The molecule has 1 aromatic heterocycles. The number of rotatable bonds is 5. The average Bonchev–Trinajstić information content (AvgIpc) is 2.62. The van der Waals surface area contributed by atoms with E-state index in [9.17, 15) is 13.2 Å². The van der Waals surface area contributed by atoms with Crippen molar-refractivity contribution < 1.29 is 13.2 Å². The molecule has 0 atom stereocenters. The Morgan fingerprint density at radius 3 is 2.33 bits per heavy atom. The van der Waals surface area contributed by atoms with Gasteiger partial charge in [0.15, 0.2) is 0 Å². The van der Waals surface area contributed by atoms with Crippen LogP contribution in [0, 0.1) is 0 Å². The van der Waals surface area contributed by atoms with Crippen molar-refractivity contribution in [1.82, 2.24) is 4.98 Å². The molecule has 0 saturated heterocycles. The molecular formula is C18H13Cl2N3O3S. The Balaban J connectivity index is 1.74. The van der Waals surface area contributed by atoms with Gasteiger partial charge in [-0.05, 0) is 54.6 Å². The lowest BCUT2D eigenvalue weighted by Crippen LogP contribution is -2.14. The fourth-order valence-electron chi connectivity index (χ4n) is 2.23. The van der Waals surface area contributed by atoms with E-state index >= 15 is 0 Å². The van der Waals surface area contributed by atoms with Crippen molar-refractivity contribution in [1.29, 1.82) is 0 Å². The maximum Gasteiger partial charge on any atom is 0.261 e. The summed E-state index contributed by atoms with van der Waals surface area (Å²) in [6, 6.07) is 13.5. The zero-order valence-corrected chi connectivity index (χ0v) is 16.0. The number of nitrogens with one attached hydrogen (secondary N) is 2. The number of sulfonamides is 1. The molecule has 0 saturated carbocycles. The van der Waals surface area contributed by atoms with Gasteiger partial charge in [0.25, 0.3) is 15.9 Å². The van der Waals surface area contributed by atoms with Crippen LogP contribution in [0.25, 0.3) is 0 Å². The Bertz CT molecular complexity index is 1070. The average molecular weight is 422 g/mol. The highest BCUT2D eigenvalue weighted by Gasteiger charge is 2.15. The number of halogens is 2. The van der Waals surface area contributed by atoms with E-state index in [1.165, 1.54) is 42.6 Å². The van der Waals surface area contributed by atoms with Crippen LogP contribution in [0.2, 0.25) is 10.0 Å². The molecule has 3 aromatic rings. The first kappa shape index (κ1) is 19.2. The van der Waals surface area contributed by atoms with E-state index in [0.717, 1.165) is 0 Å². The van der Waals surface area contributed by atoms with Gasteiger partial charge in [0.05, 0.1) is 27.4 Å². The minimum Gasteiger partial charge on any atom is -0.322 e. The predicted octanol–water partition coefficient (Wildman–Crippen LogP) is 4.44. The second-order valence-electron chi connectivity index (χ2n) is 5.45. The van der Waals surface area contributed by atoms with Gasteiger partial charge < -0.3 is 5.32 Å². The number of carbonyl (C=O) groups is 1. The molecule has 138 valence electrons. The van der Waals surface area contributed by atoms with Crippen LogP contribution in [-0.2, 0) is 10.0 Å². The normalized spacial score (nSPS) is 11.0. The first-order chi connectivity index (χ1) is 12.8. The van der Waals surface area contributed by atoms with Crippen LogP contribution in [0.5, 0.6) is 0 Å². The molecule has 1 heterocycles. The lowest BCUT2D eigenvalue weighted by Gasteiger charge is -2.10. The smallest absolute Gasteiger partial charge is 0.261 e. The fraction of sp³-hybridized carbons (Fsp3) is 0. The number of benzene rings is 2.